The van der Waals surface area contributed by atoms with Crippen molar-refractivity contribution in [3.63, 3.8) is 0 Å². The van der Waals surface area contributed by atoms with Crippen LogP contribution in [0.5, 0.6) is 11.5 Å². The molecule has 1 heterocycles. The summed E-state index contributed by atoms with van der Waals surface area (Å²) in [5, 5.41) is 5.24. The SMILES string of the molecule is CCOc1cc(/C=C2\SC(=O)N(CC(=O)Nc3ccc(Br)c(Cl)c3)C2=O)ccc1OCC(=O)Nc1ccc(C)cc1. The summed E-state index contributed by atoms with van der Waals surface area (Å²) in [5.41, 5.74) is 2.75. The molecule has 1 saturated heterocycles. The first kappa shape index (κ1) is 30.2. The van der Waals surface area contributed by atoms with Gasteiger partial charge in [-0.25, -0.2) is 0 Å². The largest absolute Gasteiger partial charge is 0.490 e. The minimum Gasteiger partial charge on any atom is -0.490 e. The van der Waals surface area contributed by atoms with Gasteiger partial charge in [0.1, 0.15) is 6.54 Å². The number of anilines is 2. The summed E-state index contributed by atoms with van der Waals surface area (Å²) in [4.78, 5) is 51.3. The quantitative estimate of drug-likeness (QED) is 0.239. The number of amides is 4. The molecular weight excluding hydrogens is 634 g/mol. The number of carbonyl (C=O) groups excluding carboxylic acids is 4. The summed E-state index contributed by atoms with van der Waals surface area (Å²) in [6.07, 6.45) is 1.54. The lowest BCUT2D eigenvalue weighted by molar-refractivity contribution is -0.127. The average Bonchev–Trinajstić information content (AvgIpc) is 3.19. The Bertz CT molecular complexity index is 1530. The number of hydrogen-bond donors (Lipinski definition) is 2. The Morgan fingerprint density at radius 3 is 2.37 bits per heavy atom. The van der Waals surface area contributed by atoms with Gasteiger partial charge in [-0.05, 0) is 95.6 Å². The zero-order valence-electron chi connectivity index (χ0n) is 22.0. The second kappa shape index (κ2) is 13.7. The van der Waals surface area contributed by atoms with Gasteiger partial charge in [-0.15, -0.1) is 0 Å². The van der Waals surface area contributed by atoms with Crippen LogP contribution in [0.15, 0.2) is 70.0 Å². The molecule has 212 valence electrons. The molecule has 0 saturated carbocycles. The van der Waals surface area contributed by atoms with Gasteiger partial charge in [-0.2, -0.15) is 0 Å². The minimum atomic E-state index is -0.588. The monoisotopic (exact) mass is 657 g/mol. The van der Waals surface area contributed by atoms with E-state index in [1.165, 1.54) is 6.08 Å². The lowest BCUT2D eigenvalue weighted by Gasteiger charge is -2.13. The van der Waals surface area contributed by atoms with Gasteiger partial charge in [0, 0.05) is 15.8 Å². The molecule has 3 aromatic carbocycles. The third-order valence-electron chi connectivity index (χ3n) is 5.64. The summed E-state index contributed by atoms with van der Waals surface area (Å²) in [6.45, 7) is 3.42. The van der Waals surface area contributed by atoms with Gasteiger partial charge >= 0.3 is 0 Å². The number of thioether (sulfide) groups is 1. The molecule has 1 aliphatic heterocycles. The van der Waals surface area contributed by atoms with Crippen molar-refractivity contribution in [3.8, 4) is 11.5 Å². The lowest BCUT2D eigenvalue weighted by Crippen LogP contribution is -2.36. The van der Waals surface area contributed by atoms with Crippen molar-refractivity contribution < 1.29 is 28.7 Å². The minimum absolute atomic E-state index is 0.156. The first-order valence-corrected chi connectivity index (χ1v) is 14.4. The third kappa shape index (κ3) is 8.12. The van der Waals surface area contributed by atoms with Crippen LogP contribution in [0.25, 0.3) is 6.08 Å². The standard InChI is InChI=1S/C29H25BrClN3O6S/c1-3-39-24-12-18(6-11-23(24)40-16-27(36)32-19-7-4-17(2)5-8-19)13-25-28(37)34(29(38)41-25)15-26(35)33-20-9-10-21(30)22(31)14-20/h4-14H,3,15-16H2,1-2H3,(H,32,36)(H,33,35)/b25-13-. The highest BCUT2D eigenvalue weighted by molar-refractivity contribution is 9.10. The van der Waals surface area contributed by atoms with Crippen molar-refractivity contribution in [2.45, 2.75) is 13.8 Å². The van der Waals surface area contributed by atoms with Crippen LogP contribution < -0.4 is 20.1 Å². The van der Waals surface area contributed by atoms with E-state index in [0.29, 0.717) is 44.5 Å². The summed E-state index contributed by atoms with van der Waals surface area (Å²) >= 11 is 10.1. The van der Waals surface area contributed by atoms with Gasteiger partial charge in [-0.1, -0.05) is 35.4 Å². The number of aryl methyl sites for hydroxylation is 1. The second-order valence-electron chi connectivity index (χ2n) is 8.79. The molecule has 0 unspecified atom stereocenters. The molecule has 41 heavy (non-hydrogen) atoms. The molecule has 9 nitrogen and oxygen atoms in total. The zero-order valence-corrected chi connectivity index (χ0v) is 25.2. The summed E-state index contributed by atoms with van der Waals surface area (Å²) < 4.78 is 12.0. The van der Waals surface area contributed by atoms with Crippen molar-refractivity contribution in [1.29, 1.82) is 0 Å². The van der Waals surface area contributed by atoms with Gasteiger partial charge < -0.3 is 20.1 Å². The van der Waals surface area contributed by atoms with Crippen LogP contribution in [0.2, 0.25) is 5.02 Å². The maximum Gasteiger partial charge on any atom is 0.294 e. The maximum atomic E-state index is 12.9. The zero-order chi connectivity index (χ0) is 29.5. The number of carbonyl (C=O) groups is 4. The average molecular weight is 659 g/mol. The molecule has 2 N–H and O–H groups in total. The van der Waals surface area contributed by atoms with Crippen molar-refractivity contribution in [1.82, 2.24) is 4.90 Å². The van der Waals surface area contributed by atoms with Crippen LogP contribution in [-0.4, -0.2) is 47.6 Å². The van der Waals surface area contributed by atoms with Crippen molar-refractivity contribution >= 4 is 79.7 Å². The van der Waals surface area contributed by atoms with Gasteiger partial charge in [0.2, 0.25) is 5.91 Å². The number of rotatable bonds is 10. The van der Waals surface area contributed by atoms with Crippen LogP contribution in [0, 0.1) is 6.92 Å². The van der Waals surface area contributed by atoms with Gasteiger partial charge in [0.05, 0.1) is 16.5 Å². The molecule has 0 bridgehead atoms. The molecule has 3 aromatic rings. The van der Waals surface area contributed by atoms with E-state index < -0.39 is 23.6 Å². The molecule has 0 spiro atoms. The molecule has 0 radical (unpaired) electrons. The van der Waals surface area contributed by atoms with E-state index in [-0.39, 0.29) is 17.4 Å². The molecule has 1 aliphatic rings. The Balaban J connectivity index is 1.40. The normalized spacial score (nSPS) is 13.9. The Morgan fingerprint density at radius 1 is 0.951 bits per heavy atom. The topological polar surface area (TPSA) is 114 Å². The fourth-order valence-corrected chi connectivity index (χ4v) is 4.95. The Morgan fingerprint density at radius 2 is 1.66 bits per heavy atom. The molecule has 0 aromatic heterocycles. The fourth-order valence-electron chi connectivity index (χ4n) is 3.68. The molecule has 1 fully saturated rings. The van der Waals surface area contributed by atoms with E-state index in [0.717, 1.165) is 22.2 Å². The summed E-state index contributed by atoms with van der Waals surface area (Å²) in [7, 11) is 0. The smallest absolute Gasteiger partial charge is 0.294 e. The van der Waals surface area contributed by atoms with Crippen molar-refractivity contribution in [3.05, 3.63) is 86.2 Å². The van der Waals surface area contributed by atoms with Crippen LogP contribution >= 0.6 is 39.3 Å². The number of benzene rings is 3. The highest BCUT2D eigenvalue weighted by Crippen LogP contribution is 2.35. The molecule has 4 rings (SSSR count). The molecule has 0 atom stereocenters. The van der Waals surface area contributed by atoms with Crippen LogP contribution in [-0.2, 0) is 14.4 Å². The van der Waals surface area contributed by atoms with E-state index in [9.17, 15) is 19.2 Å². The highest BCUT2D eigenvalue weighted by atomic mass is 79.9. The lowest BCUT2D eigenvalue weighted by atomic mass is 10.2. The number of nitrogens with one attached hydrogen (secondary N) is 2. The van der Waals surface area contributed by atoms with E-state index in [1.54, 1.807) is 55.5 Å². The first-order chi connectivity index (χ1) is 19.6. The predicted molar refractivity (Wildman–Crippen MR) is 163 cm³/mol. The molecule has 12 heteroatoms. The van der Waals surface area contributed by atoms with Gasteiger partial charge in [0.25, 0.3) is 17.1 Å². The first-order valence-electron chi connectivity index (χ1n) is 12.4. The number of hydrogen-bond acceptors (Lipinski definition) is 7. The third-order valence-corrected chi connectivity index (χ3v) is 7.78. The van der Waals surface area contributed by atoms with Gasteiger partial charge in [0.15, 0.2) is 18.1 Å². The molecular formula is C29H25BrClN3O6S. The van der Waals surface area contributed by atoms with Crippen LogP contribution in [0.4, 0.5) is 16.2 Å². The van der Waals surface area contributed by atoms with Crippen molar-refractivity contribution in [2.24, 2.45) is 0 Å². The highest BCUT2D eigenvalue weighted by Gasteiger charge is 2.36. The van der Waals surface area contributed by atoms with E-state index in [4.69, 9.17) is 21.1 Å². The second-order valence-corrected chi connectivity index (χ2v) is 11.0. The van der Waals surface area contributed by atoms with E-state index >= 15 is 0 Å². The maximum absolute atomic E-state index is 12.9. The number of nitrogens with zero attached hydrogens (tertiary/aromatic N) is 1. The van der Waals surface area contributed by atoms with Crippen LogP contribution in [0.3, 0.4) is 0 Å². The Labute approximate surface area is 254 Å². The molecule has 0 aliphatic carbocycles. The number of halogens is 2. The Hall–Kier alpha value is -3.80. The predicted octanol–water partition coefficient (Wildman–Crippen LogP) is 6.50. The van der Waals surface area contributed by atoms with E-state index in [2.05, 4.69) is 26.6 Å². The molecule has 4 amide bonds. The van der Waals surface area contributed by atoms with E-state index in [1.807, 2.05) is 19.1 Å². The number of imide groups is 1. The number of ether oxygens (including phenoxy) is 2. The Kier molecular flexibility index (Phi) is 10.1. The summed E-state index contributed by atoms with van der Waals surface area (Å²) in [6, 6.07) is 17.2. The van der Waals surface area contributed by atoms with Gasteiger partial charge in [-0.3, -0.25) is 24.1 Å². The van der Waals surface area contributed by atoms with Crippen LogP contribution in [0.1, 0.15) is 18.1 Å². The van der Waals surface area contributed by atoms with Crippen molar-refractivity contribution in [2.75, 3.05) is 30.4 Å². The summed E-state index contributed by atoms with van der Waals surface area (Å²) in [5.74, 6) is -0.744. The fraction of sp³-hybridized carbons (Fsp3) is 0.172.